The Morgan fingerprint density at radius 2 is 2.41 bits per heavy atom. The first-order valence-corrected chi connectivity index (χ1v) is 6.39. The van der Waals surface area contributed by atoms with E-state index in [1.807, 2.05) is 0 Å². The Balaban J connectivity index is 1.94. The molecule has 0 N–H and O–H groups in total. The summed E-state index contributed by atoms with van der Waals surface area (Å²) in [6.45, 7) is 4.33. The van der Waals surface area contributed by atoms with Gasteiger partial charge >= 0.3 is 0 Å². The number of aryl methyl sites for hydroxylation is 1. The van der Waals surface area contributed by atoms with Gasteiger partial charge in [0.1, 0.15) is 11.0 Å². The maximum absolute atomic E-state index is 5.93. The molecule has 0 saturated carbocycles. The highest BCUT2D eigenvalue weighted by Crippen LogP contribution is 2.18. The van der Waals surface area contributed by atoms with Crippen LogP contribution in [-0.2, 0) is 11.2 Å². The minimum atomic E-state index is 0.445. The monoisotopic (exact) mass is 256 g/mol. The Morgan fingerprint density at radius 1 is 1.53 bits per heavy atom. The Bertz CT molecular complexity index is 368. The maximum atomic E-state index is 5.93. The van der Waals surface area contributed by atoms with Crippen molar-refractivity contribution < 1.29 is 9.47 Å². The number of aromatic nitrogens is 2. The minimum Gasteiger partial charge on any atom is -0.477 e. The molecule has 0 aromatic carbocycles. The van der Waals surface area contributed by atoms with E-state index in [4.69, 9.17) is 21.1 Å². The molecule has 1 aromatic heterocycles. The molecule has 0 bridgehead atoms. The molecule has 0 aliphatic carbocycles. The summed E-state index contributed by atoms with van der Waals surface area (Å²) in [6.07, 6.45) is 2.88. The largest absolute Gasteiger partial charge is 0.477 e. The van der Waals surface area contributed by atoms with Crippen LogP contribution in [0, 0.1) is 5.92 Å². The number of halogens is 1. The van der Waals surface area contributed by atoms with E-state index >= 15 is 0 Å². The predicted molar refractivity (Wildman–Crippen MR) is 65.5 cm³/mol. The fourth-order valence-corrected chi connectivity index (χ4v) is 1.96. The first-order chi connectivity index (χ1) is 8.28. The third-order valence-electron chi connectivity index (χ3n) is 2.68. The van der Waals surface area contributed by atoms with Crippen LogP contribution < -0.4 is 4.74 Å². The van der Waals surface area contributed by atoms with Crippen molar-refractivity contribution in [3.63, 3.8) is 0 Å². The minimum absolute atomic E-state index is 0.445. The van der Waals surface area contributed by atoms with Crippen molar-refractivity contribution in [2.45, 2.75) is 26.2 Å². The van der Waals surface area contributed by atoms with Gasteiger partial charge in [-0.1, -0.05) is 18.5 Å². The summed E-state index contributed by atoms with van der Waals surface area (Å²) in [6, 6.07) is 1.66. The molecule has 94 valence electrons. The molecule has 0 amide bonds. The van der Waals surface area contributed by atoms with Crippen LogP contribution in [0.25, 0.3) is 0 Å². The highest BCUT2D eigenvalue weighted by atomic mass is 35.5. The lowest BCUT2D eigenvalue weighted by atomic mass is 10.1. The smallest absolute Gasteiger partial charge is 0.218 e. The normalized spacial score (nSPS) is 19.5. The van der Waals surface area contributed by atoms with E-state index in [-0.39, 0.29) is 0 Å². The SMILES string of the molecule is CCCc1nc(Cl)cc(OCC2CCOC2)n1. The molecule has 1 fully saturated rings. The summed E-state index contributed by atoms with van der Waals surface area (Å²) in [5.41, 5.74) is 0. The van der Waals surface area contributed by atoms with Crippen molar-refractivity contribution in [3.05, 3.63) is 17.0 Å². The van der Waals surface area contributed by atoms with Crippen LogP contribution in [-0.4, -0.2) is 29.8 Å². The van der Waals surface area contributed by atoms with Crippen molar-refractivity contribution in [3.8, 4) is 5.88 Å². The van der Waals surface area contributed by atoms with Crippen LogP contribution in [0.2, 0.25) is 5.15 Å². The van der Waals surface area contributed by atoms with E-state index in [0.29, 0.717) is 23.6 Å². The molecule has 1 aromatic rings. The van der Waals surface area contributed by atoms with E-state index in [2.05, 4.69) is 16.9 Å². The van der Waals surface area contributed by atoms with Crippen LogP contribution in [0.4, 0.5) is 0 Å². The van der Waals surface area contributed by atoms with Gasteiger partial charge in [0.15, 0.2) is 0 Å². The maximum Gasteiger partial charge on any atom is 0.218 e. The number of rotatable bonds is 5. The summed E-state index contributed by atoms with van der Waals surface area (Å²) in [5.74, 6) is 1.79. The molecule has 1 saturated heterocycles. The van der Waals surface area contributed by atoms with Gasteiger partial charge in [0.2, 0.25) is 5.88 Å². The van der Waals surface area contributed by atoms with Crippen LogP contribution in [0.1, 0.15) is 25.6 Å². The highest BCUT2D eigenvalue weighted by Gasteiger charge is 2.16. The average molecular weight is 257 g/mol. The third-order valence-corrected chi connectivity index (χ3v) is 2.88. The van der Waals surface area contributed by atoms with Gasteiger partial charge in [-0.05, 0) is 12.8 Å². The average Bonchev–Trinajstić information content (AvgIpc) is 2.79. The molecular formula is C12H17ClN2O2. The highest BCUT2D eigenvalue weighted by molar-refractivity contribution is 6.29. The molecule has 2 heterocycles. The van der Waals surface area contributed by atoms with E-state index in [9.17, 15) is 0 Å². The second kappa shape index (κ2) is 6.17. The van der Waals surface area contributed by atoms with Gasteiger partial charge in [0, 0.05) is 25.0 Å². The van der Waals surface area contributed by atoms with Crippen molar-refractivity contribution in [1.29, 1.82) is 0 Å². The quantitative estimate of drug-likeness (QED) is 0.760. The molecule has 1 aliphatic rings. The van der Waals surface area contributed by atoms with E-state index in [1.165, 1.54) is 0 Å². The molecule has 1 unspecified atom stereocenters. The lowest BCUT2D eigenvalue weighted by Gasteiger charge is -2.10. The van der Waals surface area contributed by atoms with Gasteiger partial charge in [-0.3, -0.25) is 0 Å². The Morgan fingerprint density at radius 3 is 3.12 bits per heavy atom. The number of ether oxygens (including phenoxy) is 2. The predicted octanol–water partition coefficient (Wildman–Crippen LogP) is 2.50. The summed E-state index contributed by atoms with van der Waals surface area (Å²) >= 11 is 5.93. The lowest BCUT2D eigenvalue weighted by molar-refractivity contribution is 0.165. The molecule has 1 atom stereocenters. The summed E-state index contributed by atoms with van der Waals surface area (Å²) in [7, 11) is 0. The zero-order valence-electron chi connectivity index (χ0n) is 9.99. The topological polar surface area (TPSA) is 44.2 Å². The van der Waals surface area contributed by atoms with E-state index < -0.39 is 0 Å². The van der Waals surface area contributed by atoms with Crippen molar-refractivity contribution >= 4 is 11.6 Å². The van der Waals surface area contributed by atoms with Crippen LogP contribution in [0.5, 0.6) is 5.88 Å². The molecule has 4 nitrogen and oxygen atoms in total. The first-order valence-electron chi connectivity index (χ1n) is 6.02. The van der Waals surface area contributed by atoms with Crippen LogP contribution >= 0.6 is 11.6 Å². The second-order valence-electron chi connectivity index (χ2n) is 4.24. The fraction of sp³-hybridized carbons (Fsp3) is 0.667. The van der Waals surface area contributed by atoms with Crippen molar-refractivity contribution in [1.82, 2.24) is 9.97 Å². The number of hydrogen-bond acceptors (Lipinski definition) is 4. The summed E-state index contributed by atoms with van der Waals surface area (Å²) in [4.78, 5) is 8.48. The van der Waals surface area contributed by atoms with Gasteiger partial charge in [-0.25, -0.2) is 4.98 Å². The molecule has 5 heteroatoms. The zero-order chi connectivity index (χ0) is 12.1. The Labute approximate surface area is 106 Å². The van der Waals surface area contributed by atoms with Gasteiger partial charge in [-0.2, -0.15) is 4.98 Å². The van der Waals surface area contributed by atoms with Crippen molar-refractivity contribution in [2.24, 2.45) is 5.92 Å². The van der Waals surface area contributed by atoms with Crippen molar-refractivity contribution in [2.75, 3.05) is 19.8 Å². The summed E-state index contributed by atoms with van der Waals surface area (Å²) < 4.78 is 10.9. The molecule has 17 heavy (non-hydrogen) atoms. The van der Waals surface area contributed by atoms with Gasteiger partial charge in [-0.15, -0.1) is 0 Å². The Kier molecular flexibility index (Phi) is 4.57. The van der Waals surface area contributed by atoms with Gasteiger partial charge in [0.05, 0.1) is 13.2 Å². The first kappa shape index (κ1) is 12.6. The molecule has 0 spiro atoms. The number of nitrogens with zero attached hydrogens (tertiary/aromatic N) is 2. The second-order valence-corrected chi connectivity index (χ2v) is 4.62. The summed E-state index contributed by atoms with van der Waals surface area (Å²) in [5, 5.41) is 0.445. The lowest BCUT2D eigenvalue weighted by Crippen LogP contribution is -2.13. The number of hydrogen-bond donors (Lipinski definition) is 0. The van der Waals surface area contributed by atoms with Gasteiger partial charge in [0.25, 0.3) is 0 Å². The van der Waals surface area contributed by atoms with E-state index in [1.54, 1.807) is 6.07 Å². The standard InChI is InChI=1S/C12H17ClN2O2/c1-2-3-11-14-10(13)6-12(15-11)17-8-9-4-5-16-7-9/h6,9H,2-5,7-8H2,1H3. The van der Waals surface area contributed by atoms with E-state index in [0.717, 1.165) is 38.3 Å². The molecule has 0 radical (unpaired) electrons. The molecular weight excluding hydrogens is 240 g/mol. The van der Waals surface area contributed by atoms with Crippen LogP contribution in [0.15, 0.2) is 6.07 Å². The molecule has 2 rings (SSSR count). The third kappa shape index (κ3) is 3.82. The Hall–Kier alpha value is -0.870. The zero-order valence-corrected chi connectivity index (χ0v) is 10.7. The van der Waals surface area contributed by atoms with Crippen LogP contribution in [0.3, 0.4) is 0 Å². The fourth-order valence-electron chi connectivity index (χ4n) is 1.77. The molecule has 1 aliphatic heterocycles. The van der Waals surface area contributed by atoms with Gasteiger partial charge < -0.3 is 9.47 Å².